The Morgan fingerprint density at radius 1 is 1.03 bits per heavy atom. The number of hydrogen-bond donors (Lipinski definition) is 1. The molecule has 0 radical (unpaired) electrons. The number of urea groups is 1. The fourth-order valence-electron chi connectivity index (χ4n) is 6.12. The topological polar surface area (TPSA) is 90.9 Å². The van der Waals surface area contributed by atoms with E-state index in [1.807, 2.05) is 40.1 Å². The fourth-order valence-corrected chi connectivity index (χ4v) is 6.12. The van der Waals surface area contributed by atoms with Gasteiger partial charge < -0.3 is 24.8 Å². The molecule has 1 unspecified atom stereocenters. The third-order valence-corrected chi connectivity index (χ3v) is 8.27. The van der Waals surface area contributed by atoms with E-state index in [4.69, 9.17) is 4.74 Å². The largest absolute Gasteiger partial charge is 0.497 e. The van der Waals surface area contributed by atoms with Crippen molar-refractivity contribution in [3.8, 4) is 5.75 Å². The lowest BCUT2D eigenvalue weighted by atomic mass is 9.91. The van der Waals surface area contributed by atoms with Gasteiger partial charge in [0, 0.05) is 50.5 Å². The summed E-state index contributed by atoms with van der Waals surface area (Å²) in [4.78, 5) is 41.3. The molecule has 1 atom stereocenters. The van der Waals surface area contributed by atoms with Gasteiger partial charge in [-0.25, -0.2) is 14.8 Å². The highest BCUT2D eigenvalue weighted by atomic mass is 16.5. The molecule has 4 heterocycles. The van der Waals surface area contributed by atoms with Gasteiger partial charge in [0.15, 0.2) is 0 Å². The maximum Gasteiger partial charge on any atom is 0.322 e. The van der Waals surface area contributed by atoms with Gasteiger partial charge >= 0.3 is 6.03 Å². The van der Waals surface area contributed by atoms with Gasteiger partial charge in [-0.2, -0.15) is 0 Å². The quantitative estimate of drug-likeness (QED) is 0.545. The average molecular weight is 527 g/mol. The molecule has 6 rings (SSSR count). The van der Waals surface area contributed by atoms with Crippen molar-refractivity contribution in [2.75, 3.05) is 43.5 Å². The third-order valence-electron chi connectivity index (χ3n) is 8.27. The Kier molecular flexibility index (Phi) is 6.81. The van der Waals surface area contributed by atoms with Crippen LogP contribution in [0.1, 0.15) is 52.9 Å². The van der Waals surface area contributed by atoms with E-state index in [0.717, 1.165) is 55.2 Å². The number of methoxy groups -OCH3 is 1. The summed E-state index contributed by atoms with van der Waals surface area (Å²) < 4.78 is 5.36. The van der Waals surface area contributed by atoms with Crippen LogP contribution in [0.3, 0.4) is 0 Å². The zero-order valence-corrected chi connectivity index (χ0v) is 22.5. The van der Waals surface area contributed by atoms with Crippen molar-refractivity contribution in [3.63, 3.8) is 0 Å². The van der Waals surface area contributed by atoms with Gasteiger partial charge in [-0.3, -0.25) is 4.79 Å². The molecule has 1 N–H and O–H groups in total. The van der Waals surface area contributed by atoms with E-state index < -0.39 is 0 Å². The Balaban J connectivity index is 1.10. The molecule has 9 nitrogen and oxygen atoms in total. The minimum absolute atomic E-state index is 0.0513. The van der Waals surface area contributed by atoms with Gasteiger partial charge in [-0.15, -0.1) is 0 Å². The molecule has 1 saturated heterocycles. The first kappa shape index (κ1) is 25.2. The highest BCUT2D eigenvalue weighted by Crippen LogP contribution is 2.30. The number of nitrogens with zero attached hydrogens (tertiary/aromatic N) is 5. The first-order chi connectivity index (χ1) is 19.0. The van der Waals surface area contributed by atoms with E-state index in [9.17, 15) is 9.59 Å². The standard InChI is InChI=1S/C30H34N6O3/c1-20-17-35(18-22-5-3-4-6-25(20)22)29(37)27-16-28(32-19-31-27)34-12-10-23(11-13-34)36-14-9-21-15-24(39-2)7-8-26(21)33-30(36)38/h3-8,15-16,19-20,23H,9-14,17-18H2,1-2H3,(H,33,38). The second-order valence-electron chi connectivity index (χ2n) is 10.7. The summed E-state index contributed by atoms with van der Waals surface area (Å²) in [6, 6.07) is 16.0. The molecule has 9 heteroatoms. The summed E-state index contributed by atoms with van der Waals surface area (Å²) in [5.41, 5.74) is 4.88. The van der Waals surface area contributed by atoms with Crippen molar-refractivity contribution >= 4 is 23.4 Å². The van der Waals surface area contributed by atoms with Crippen molar-refractivity contribution in [1.82, 2.24) is 19.8 Å². The van der Waals surface area contributed by atoms with Crippen LogP contribution in [0.25, 0.3) is 0 Å². The summed E-state index contributed by atoms with van der Waals surface area (Å²) in [6.07, 6.45) is 3.94. The van der Waals surface area contributed by atoms with Crippen LogP contribution in [-0.2, 0) is 13.0 Å². The van der Waals surface area contributed by atoms with Gasteiger partial charge in [0.05, 0.1) is 7.11 Å². The van der Waals surface area contributed by atoms with Crippen LogP contribution in [0.2, 0.25) is 0 Å². The summed E-state index contributed by atoms with van der Waals surface area (Å²) >= 11 is 0. The molecular weight excluding hydrogens is 492 g/mol. The minimum Gasteiger partial charge on any atom is -0.497 e. The van der Waals surface area contributed by atoms with Crippen LogP contribution in [-0.4, -0.2) is 71.0 Å². The molecule has 39 heavy (non-hydrogen) atoms. The summed E-state index contributed by atoms with van der Waals surface area (Å²) in [6.45, 7) is 5.61. The summed E-state index contributed by atoms with van der Waals surface area (Å²) in [5.74, 6) is 1.78. The normalized spacial score (nSPS) is 19.6. The minimum atomic E-state index is -0.0627. The number of anilines is 2. The van der Waals surface area contributed by atoms with E-state index in [2.05, 4.69) is 45.3 Å². The number of benzene rings is 2. The average Bonchev–Trinajstić information content (AvgIpc) is 3.14. The number of hydrogen-bond acceptors (Lipinski definition) is 6. The smallest absolute Gasteiger partial charge is 0.322 e. The van der Waals surface area contributed by atoms with Gasteiger partial charge in [0.1, 0.15) is 23.6 Å². The number of nitrogens with one attached hydrogen (secondary N) is 1. The van der Waals surface area contributed by atoms with Gasteiger partial charge in [-0.1, -0.05) is 31.2 Å². The monoisotopic (exact) mass is 526 g/mol. The maximum atomic E-state index is 13.4. The van der Waals surface area contributed by atoms with E-state index in [-0.39, 0.29) is 23.9 Å². The van der Waals surface area contributed by atoms with Crippen molar-refractivity contribution < 1.29 is 14.3 Å². The van der Waals surface area contributed by atoms with Crippen LogP contribution in [0.15, 0.2) is 54.9 Å². The lowest BCUT2D eigenvalue weighted by molar-refractivity contribution is 0.0714. The fraction of sp³-hybridized carbons (Fsp3) is 0.400. The number of fused-ring (bicyclic) bond motifs is 2. The molecule has 202 valence electrons. The highest BCUT2D eigenvalue weighted by Gasteiger charge is 2.31. The second-order valence-corrected chi connectivity index (χ2v) is 10.7. The number of ether oxygens (including phenoxy) is 1. The Hall–Kier alpha value is -4.14. The number of carbonyl (C=O) groups excluding carboxylic acids is 2. The van der Waals surface area contributed by atoms with E-state index in [1.165, 1.54) is 17.5 Å². The number of piperidine rings is 1. The highest BCUT2D eigenvalue weighted by molar-refractivity contribution is 5.93. The number of amides is 3. The van der Waals surface area contributed by atoms with Gasteiger partial charge in [-0.05, 0) is 60.1 Å². The Labute approximate surface area is 228 Å². The Morgan fingerprint density at radius 2 is 1.85 bits per heavy atom. The molecule has 0 bridgehead atoms. The number of aromatic nitrogens is 2. The van der Waals surface area contributed by atoms with Crippen LogP contribution in [0.5, 0.6) is 5.75 Å². The molecule has 0 saturated carbocycles. The van der Waals surface area contributed by atoms with Crippen molar-refractivity contribution in [3.05, 3.63) is 77.2 Å². The van der Waals surface area contributed by atoms with Crippen molar-refractivity contribution in [1.29, 1.82) is 0 Å². The Bertz CT molecular complexity index is 1390. The van der Waals surface area contributed by atoms with Crippen LogP contribution in [0, 0.1) is 0 Å². The predicted octanol–water partition coefficient (Wildman–Crippen LogP) is 4.30. The molecule has 0 spiro atoms. The molecule has 0 aliphatic carbocycles. The van der Waals surface area contributed by atoms with Gasteiger partial charge in [0.25, 0.3) is 5.91 Å². The molecular formula is C30H34N6O3. The zero-order valence-electron chi connectivity index (χ0n) is 22.5. The number of carbonyl (C=O) groups is 2. The lowest BCUT2D eigenvalue weighted by Crippen LogP contribution is -2.49. The summed E-state index contributed by atoms with van der Waals surface area (Å²) in [7, 11) is 1.65. The third kappa shape index (κ3) is 5.01. The molecule has 3 aliphatic heterocycles. The molecule has 3 amide bonds. The predicted molar refractivity (Wildman–Crippen MR) is 149 cm³/mol. The molecule has 3 aromatic rings. The molecule has 3 aliphatic rings. The summed E-state index contributed by atoms with van der Waals surface area (Å²) in [5, 5.41) is 3.08. The molecule has 1 aromatic heterocycles. The van der Waals surface area contributed by atoms with Gasteiger partial charge in [0.2, 0.25) is 0 Å². The zero-order chi connectivity index (χ0) is 26.9. The molecule has 2 aromatic carbocycles. The molecule has 1 fully saturated rings. The van der Waals surface area contributed by atoms with Crippen molar-refractivity contribution in [2.45, 2.75) is 44.7 Å². The maximum absolute atomic E-state index is 13.4. The van der Waals surface area contributed by atoms with Crippen molar-refractivity contribution in [2.24, 2.45) is 0 Å². The Morgan fingerprint density at radius 3 is 2.67 bits per heavy atom. The second kappa shape index (κ2) is 10.6. The first-order valence-corrected chi connectivity index (χ1v) is 13.7. The van der Waals surface area contributed by atoms with E-state index in [1.54, 1.807) is 7.11 Å². The van der Waals surface area contributed by atoms with Crippen LogP contribution < -0.4 is 15.0 Å². The first-order valence-electron chi connectivity index (χ1n) is 13.7. The van der Waals surface area contributed by atoms with Crippen LogP contribution in [0.4, 0.5) is 16.3 Å². The lowest BCUT2D eigenvalue weighted by Gasteiger charge is -2.38. The van der Waals surface area contributed by atoms with Crippen LogP contribution >= 0.6 is 0 Å². The van der Waals surface area contributed by atoms with E-state index >= 15 is 0 Å². The number of rotatable bonds is 4. The van der Waals surface area contributed by atoms with E-state index in [0.29, 0.717) is 25.3 Å². The SMILES string of the molecule is COc1ccc2c(c1)CCN(C1CCN(c3cc(C(=O)N4Cc5ccccc5C(C)C4)ncn3)CC1)C(=O)N2.